The van der Waals surface area contributed by atoms with Crippen molar-refractivity contribution < 1.29 is 22.7 Å². The molecule has 1 aromatic rings. The largest absolute Gasteiger partial charge is 0.462 e. The minimum atomic E-state index is -3.07. The third-order valence-corrected chi connectivity index (χ3v) is 5.96. The zero-order valence-electron chi connectivity index (χ0n) is 13.8. The maximum atomic E-state index is 12.7. The molecule has 2 heterocycles. The highest BCUT2D eigenvalue weighted by Crippen LogP contribution is 2.23. The summed E-state index contributed by atoms with van der Waals surface area (Å²) in [6, 6.07) is -0.332. The summed E-state index contributed by atoms with van der Waals surface area (Å²) in [5, 5.41) is 0. The molecule has 2 rings (SSSR count). The number of aromatic amines is 1. The smallest absolute Gasteiger partial charge is 0.340 e. The number of rotatable bonds is 4. The first kappa shape index (κ1) is 17.5. The van der Waals surface area contributed by atoms with Crippen molar-refractivity contribution in [1.29, 1.82) is 0 Å². The quantitative estimate of drug-likeness (QED) is 0.826. The number of sulfone groups is 1. The molecule has 1 aromatic heterocycles. The van der Waals surface area contributed by atoms with E-state index in [1.807, 2.05) is 0 Å². The molecule has 8 heteroatoms. The first-order valence-corrected chi connectivity index (χ1v) is 9.34. The van der Waals surface area contributed by atoms with Crippen molar-refractivity contribution in [3.63, 3.8) is 0 Å². The fourth-order valence-electron chi connectivity index (χ4n) is 2.90. The van der Waals surface area contributed by atoms with Crippen LogP contribution in [0.15, 0.2) is 0 Å². The molecule has 1 aliphatic heterocycles. The SMILES string of the molecule is CCOC(=O)c1c(C)[nH]c(C(=O)N(C)C2CCS(=O)(=O)C2)c1C. The van der Waals surface area contributed by atoms with Crippen LogP contribution in [-0.4, -0.2) is 61.4 Å². The van der Waals surface area contributed by atoms with E-state index >= 15 is 0 Å². The molecular formula is C15H22N2O5S. The molecule has 128 valence electrons. The molecule has 0 spiro atoms. The van der Waals surface area contributed by atoms with Crippen molar-refractivity contribution in [2.75, 3.05) is 25.2 Å². The molecule has 0 radical (unpaired) electrons. The molecule has 23 heavy (non-hydrogen) atoms. The maximum Gasteiger partial charge on any atom is 0.340 e. The fraction of sp³-hybridized carbons (Fsp3) is 0.600. The second kappa shape index (κ2) is 6.35. The molecule has 1 N–H and O–H groups in total. The van der Waals surface area contributed by atoms with Crippen molar-refractivity contribution >= 4 is 21.7 Å². The molecular weight excluding hydrogens is 320 g/mol. The van der Waals surface area contributed by atoms with Crippen molar-refractivity contribution in [3.05, 3.63) is 22.5 Å². The third kappa shape index (κ3) is 3.41. The van der Waals surface area contributed by atoms with Gasteiger partial charge in [0.05, 0.1) is 23.7 Å². The molecule has 0 aliphatic carbocycles. The summed E-state index contributed by atoms with van der Waals surface area (Å²) in [6.07, 6.45) is 0.439. The highest BCUT2D eigenvalue weighted by Gasteiger charge is 2.34. The predicted octanol–water partition coefficient (Wildman–Crippen LogP) is 1.07. The van der Waals surface area contributed by atoms with E-state index in [0.717, 1.165) is 0 Å². The Balaban J connectivity index is 2.26. The van der Waals surface area contributed by atoms with Crippen molar-refractivity contribution in [3.8, 4) is 0 Å². The lowest BCUT2D eigenvalue weighted by Crippen LogP contribution is -2.38. The van der Waals surface area contributed by atoms with E-state index < -0.39 is 15.8 Å². The zero-order valence-corrected chi connectivity index (χ0v) is 14.6. The lowest BCUT2D eigenvalue weighted by atomic mass is 10.1. The first-order chi connectivity index (χ1) is 10.7. The van der Waals surface area contributed by atoms with Crippen LogP contribution in [-0.2, 0) is 14.6 Å². The number of esters is 1. The number of H-pyrrole nitrogens is 1. The van der Waals surface area contributed by atoms with Crippen LogP contribution in [0.3, 0.4) is 0 Å². The van der Waals surface area contributed by atoms with Gasteiger partial charge in [-0.05, 0) is 32.8 Å². The number of aryl methyl sites for hydroxylation is 1. The van der Waals surface area contributed by atoms with Gasteiger partial charge in [0.1, 0.15) is 5.69 Å². The Labute approximate surface area is 135 Å². The topological polar surface area (TPSA) is 96.5 Å². The number of hydrogen-bond donors (Lipinski definition) is 1. The molecule has 0 aromatic carbocycles. The Kier molecular flexibility index (Phi) is 4.84. The van der Waals surface area contributed by atoms with Crippen LogP contribution >= 0.6 is 0 Å². The number of hydrogen-bond acceptors (Lipinski definition) is 5. The number of nitrogens with zero attached hydrogens (tertiary/aromatic N) is 1. The van der Waals surface area contributed by atoms with Gasteiger partial charge in [0.15, 0.2) is 9.84 Å². The predicted molar refractivity (Wildman–Crippen MR) is 85.4 cm³/mol. The summed E-state index contributed by atoms with van der Waals surface area (Å²) in [4.78, 5) is 29.0. The summed E-state index contributed by atoms with van der Waals surface area (Å²) >= 11 is 0. The fourth-order valence-corrected chi connectivity index (χ4v) is 4.67. The molecule has 1 saturated heterocycles. The van der Waals surface area contributed by atoms with E-state index in [9.17, 15) is 18.0 Å². The summed E-state index contributed by atoms with van der Waals surface area (Å²) in [5.41, 5.74) is 1.76. The van der Waals surface area contributed by atoms with Gasteiger partial charge < -0.3 is 14.6 Å². The lowest BCUT2D eigenvalue weighted by Gasteiger charge is -2.23. The zero-order chi connectivity index (χ0) is 17.4. The molecule has 1 amide bonds. The maximum absolute atomic E-state index is 12.7. The standard InChI is InChI=1S/C15H22N2O5S/c1-5-22-15(19)12-9(2)13(16-10(12)3)14(18)17(4)11-6-7-23(20,21)8-11/h11,16H,5-8H2,1-4H3. The van der Waals surface area contributed by atoms with E-state index in [1.165, 1.54) is 4.90 Å². The van der Waals surface area contributed by atoms with E-state index in [-0.39, 0.29) is 30.1 Å². The Morgan fingerprint density at radius 3 is 2.52 bits per heavy atom. The van der Waals surface area contributed by atoms with Gasteiger partial charge in [-0.2, -0.15) is 0 Å². The Morgan fingerprint density at radius 1 is 1.35 bits per heavy atom. The number of aromatic nitrogens is 1. The van der Waals surface area contributed by atoms with Crippen LogP contribution < -0.4 is 0 Å². The highest BCUT2D eigenvalue weighted by atomic mass is 32.2. The van der Waals surface area contributed by atoms with Gasteiger partial charge in [-0.15, -0.1) is 0 Å². The summed E-state index contributed by atoms with van der Waals surface area (Å²) in [6.45, 7) is 5.36. The Hall–Kier alpha value is -1.83. The normalized spacial score (nSPS) is 19.6. The second-order valence-electron chi connectivity index (χ2n) is 5.82. The van der Waals surface area contributed by atoms with Crippen LogP contribution in [0.2, 0.25) is 0 Å². The minimum Gasteiger partial charge on any atom is -0.462 e. The number of carbonyl (C=O) groups is 2. The number of carbonyl (C=O) groups excluding carboxylic acids is 2. The molecule has 1 atom stereocenters. The van der Waals surface area contributed by atoms with E-state index in [2.05, 4.69) is 4.98 Å². The summed E-state index contributed by atoms with van der Waals surface area (Å²) < 4.78 is 28.2. The molecule has 0 saturated carbocycles. The van der Waals surface area contributed by atoms with Gasteiger partial charge in [0.2, 0.25) is 0 Å². The van der Waals surface area contributed by atoms with Gasteiger partial charge in [0.25, 0.3) is 5.91 Å². The number of ether oxygens (including phenoxy) is 1. The van der Waals surface area contributed by atoms with Crippen molar-refractivity contribution in [2.45, 2.75) is 33.2 Å². The third-order valence-electron chi connectivity index (χ3n) is 4.21. The Morgan fingerprint density at radius 2 is 2.00 bits per heavy atom. The van der Waals surface area contributed by atoms with E-state index in [0.29, 0.717) is 28.9 Å². The van der Waals surface area contributed by atoms with Crippen LogP contribution in [0.5, 0.6) is 0 Å². The summed E-state index contributed by atoms with van der Waals surface area (Å²) in [5.74, 6) is -0.697. The molecule has 1 fully saturated rings. The van der Waals surface area contributed by atoms with Crippen LogP contribution in [0.1, 0.15) is 45.4 Å². The molecule has 0 bridgehead atoms. The number of amides is 1. The van der Waals surface area contributed by atoms with Crippen molar-refractivity contribution in [1.82, 2.24) is 9.88 Å². The van der Waals surface area contributed by atoms with E-state index in [4.69, 9.17) is 4.74 Å². The second-order valence-corrected chi connectivity index (χ2v) is 8.05. The average Bonchev–Trinajstić information content (AvgIpc) is 2.97. The Bertz CT molecular complexity index is 735. The van der Waals surface area contributed by atoms with Crippen LogP contribution in [0.25, 0.3) is 0 Å². The van der Waals surface area contributed by atoms with Gasteiger partial charge in [0, 0.05) is 18.8 Å². The summed E-state index contributed by atoms with van der Waals surface area (Å²) in [7, 11) is -1.48. The van der Waals surface area contributed by atoms with Gasteiger partial charge in [-0.1, -0.05) is 0 Å². The molecule has 1 aliphatic rings. The van der Waals surface area contributed by atoms with Crippen LogP contribution in [0, 0.1) is 13.8 Å². The average molecular weight is 342 g/mol. The van der Waals surface area contributed by atoms with E-state index in [1.54, 1.807) is 27.8 Å². The first-order valence-electron chi connectivity index (χ1n) is 7.51. The van der Waals surface area contributed by atoms with Gasteiger partial charge >= 0.3 is 5.97 Å². The molecule has 1 unspecified atom stereocenters. The van der Waals surface area contributed by atoms with Gasteiger partial charge in [-0.25, -0.2) is 13.2 Å². The van der Waals surface area contributed by atoms with Crippen LogP contribution in [0.4, 0.5) is 0 Å². The lowest BCUT2D eigenvalue weighted by molar-refractivity contribution is 0.0525. The van der Waals surface area contributed by atoms with Gasteiger partial charge in [-0.3, -0.25) is 4.79 Å². The number of nitrogens with one attached hydrogen (secondary N) is 1. The molecule has 7 nitrogen and oxygen atoms in total. The highest BCUT2D eigenvalue weighted by molar-refractivity contribution is 7.91. The minimum absolute atomic E-state index is 0.0152. The monoisotopic (exact) mass is 342 g/mol. The van der Waals surface area contributed by atoms with Crippen molar-refractivity contribution in [2.24, 2.45) is 0 Å².